The second kappa shape index (κ2) is 6.23. The molecule has 1 N–H and O–H groups in total. The Morgan fingerprint density at radius 1 is 1.12 bits per heavy atom. The first-order chi connectivity index (χ1) is 7.71. The zero-order valence-corrected chi connectivity index (χ0v) is 10.4. The molecule has 0 atom stereocenters. The third kappa shape index (κ3) is 3.31. The van der Waals surface area contributed by atoms with Crippen molar-refractivity contribution in [3.63, 3.8) is 0 Å². The SMILES string of the molecule is CNCCN(C)c1cc(OC)cc(OC)c1. The number of benzene rings is 1. The first-order valence-corrected chi connectivity index (χ1v) is 5.30. The lowest BCUT2D eigenvalue weighted by molar-refractivity contribution is 0.394. The van der Waals surface area contributed by atoms with Crippen molar-refractivity contribution in [2.24, 2.45) is 0 Å². The van der Waals surface area contributed by atoms with Gasteiger partial charge in [0.1, 0.15) is 11.5 Å². The highest BCUT2D eigenvalue weighted by Gasteiger charge is 2.05. The molecule has 90 valence electrons. The summed E-state index contributed by atoms with van der Waals surface area (Å²) < 4.78 is 10.5. The van der Waals surface area contributed by atoms with Gasteiger partial charge >= 0.3 is 0 Å². The van der Waals surface area contributed by atoms with E-state index in [4.69, 9.17) is 9.47 Å². The fourth-order valence-electron chi connectivity index (χ4n) is 1.42. The van der Waals surface area contributed by atoms with Crippen molar-refractivity contribution in [2.45, 2.75) is 0 Å². The molecule has 0 aliphatic carbocycles. The number of hydrogen-bond acceptors (Lipinski definition) is 4. The molecule has 0 amide bonds. The number of ether oxygens (including phenoxy) is 2. The second-order valence-corrected chi connectivity index (χ2v) is 3.60. The van der Waals surface area contributed by atoms with Crippen molar-refractivity contribution >= 4 is 5.69 Å². The second-order valence-electron chi connectivity index (χ2n) is 3.60. The fourth-order valence-corrected chi connectivity index (χ4v) is 1.42. The molecule has 0 radical (unpaired) electrons. The van der Waals surface area contributed by atoms with Crippen LogP contribution >= 0.6 is 0 Å². The van der Waals surface area contributed by atoms with Gasteiger partial charge in [0, 0.05) is 44.0 Å². The van der Waals surface area contributed by atoms with Gasteiger partial charge in [0.2, 0.25) is 0 Å². The van der Waals surface area contributed by atoms with Gasteiger partial charge in [0.15, 0.2) is 0 Å². The third-order valence-corrected chi connectivity index (χ3v) is 2.47. The van der Waals surface area contributed by atoms with Crippen molar-refractivity contribution in [1.29, 1.82) is 0 Å². The highest BCUT2D eigenvalue weighted by atomic mass is 16.5. The zero-order chi connectivity index (χ0) is 12.0. The Labute approximate surface area is 97.2 Å². The van der Waals surface area contributed by atoms with Crippen LogP contribution in [0.1, 0.15) is 0 Å². The van der Waals surface area contributed by atoms with Gasteiger partial charge in [-0.3, -0.25) is 0 Å². The van der Waals surface area contributed by atoms with E-state index < -0.39 is 0 Å². The third-order valence-electron chi connectivity index (χ3n) is 2.47. The summed E-state index contributed by atoms with van der Waals surface area (Å²) in [7, 11) is 7.31. The van der Waals surface area contributed by atoms with Crippen molar-refractivity contribution in [1.82, 2.24) is 5.32 Å². The molecule has 1 aromatic carbocycles. The summed E-state index contributed by atoms with van der Waals surface area (Å²) in [5.74, 6) is 1.62. The average molecular weight is 224 g/mol. The summed E-state index contributed by atoms with van der Waals surface area (Å²) in [5.41, 5.74) is 1.09. The summed E-state index contributed by atoms with van der Waals surface area (Å²) in [6.07, 6.45) is 0. The van der Waals surface area contributed by atoms with E-state index in [0.717, 1.165) is 30.3 Å². The number of hydrogen-bond donors (Lipinski definition) is 1. The van der Waals surface area contributed by atoms with Crippen LogP contribution in [0.3, 0.4) is 0 Å². The molecule has 0 aromatic heterocycles. The van der Waals surface area contributed by atoms with Crippen LogP contribution in [-0.4, -0.2) is 41.4 Å². The number of likely N-dealkylation sites (N-methyl/N-ethyl adjacent to an activating group) is 2. The van der Waals surface area contributed by atoms with Gasteiger partial charge < -0.3 is 19.7 Å². The molecule has 0 bridgehead atoms. The molecular weight excluding hydrogens is 204 g/mol. The van der Waals surface area contributed by atoms with Gasteiger partial charge in [-0.05, 0) is 7.05 Å². The van der Waals surface area contributed by atoms with E-state index >= 15 is 0 Å². The summed E-state index contributed by atoms with van der Waals surface area (Å²) in [4.78, 5) is 2.15. The van der Waals surface area contributed by atoms with Crippen LogP contribution in [0.2, 0.25) is 0 Å². The van der Waals surface area contributed by atoms with Gasteiger partial charge in [-0.25, -0.2) is 0 Å². The van der Waals surface area contributed by atoms with Gasteiger partial charge in [-0.2, -0.15) is 0 Å². The van der Waals surface area contributed by atoms with Crippen molar-refractivity contribution in [2.75, 3.05) is 46.3 Å². The molecule has 0 saturated carbocycles. The minimum absolute atomic E-state index is 0.811. The monoisotopic (exact) mass is 224 g/mol. The maximum atomic E-state index is 5.23. The Balaban J connectivity index is 2.85. The molecule has 4 heteroatoms. The van der Waals surface area contributed by atoms with E-state index in [9.17, 15) is 0 Å². The Kier molecular flexibility index (Phi) is 4.92. The van der Waals surface area contributed by atoms with Crippen molar-refractivity contribution in [3.8, 4) is 11.5 Å². The van der Waals surface area contributed by atoms with E-state index in [1.54, 1.807) is 14.2 Å². The molecule has 1 rings (SSSR count). The number of nitrogens with zero attached hydrogens (tertiary/aromatic N) is 1. The topological polar surface area (TPSA) is 33.7 Å². The van der Waals surface area contributed by atoms with Crippen LogP contribution < -0.4 is 19.7 Å². The lowest BCUT2D eigenvalue weighted by Crippen LogP contribution is -2.27. The molecule has 0 unspecified atom stereocenters. The molecule has 0 spiro atoms. The standard InChI is InChI=1S/C12H20N2O2/c1-13-5-6-14(2)10-7-11(15-3)9-12(8-10)16-4/h7-9,13H,5-6H2,1-4H3. The fraction of sp³-hybridized carbons (Fsp3) is 0.500. The summed E-state index contributed by atoms with van der Waals surface area (Å²) in [6.45, 7) is 1.88. The van der Waals surface area contributed by atoms with E-state index in [-0.39, 0.29) is 0 Å². The summed E-state index contributed by atoms with van der Waals surface area (Å²) in [6, 6.07) is 5.87. The Morgan fingerprint density at radius 3 is 2.12 bits per heavy atom. The molecule has 0 aliphatic rings. The highest BCUT2D eigenvalue weighted by Crippen LogP contribution is 2.27. The average Bonchev–Trinajstić information content (AvgIpc) is 2.35. The predicted octanol–water partition coefficient (Wildman–Crippen LogP) is 1.36. The lowest BCUT2D eigenvalue weighted by Gasteiger charge is -2.20. The first-order valence-electron chi connectivity index (χ1n) is 5.30. The molecule has 0 fully saturated rings. The molecule has 1 aromatic rings. The molecule has 0 aliphatic heterocycles. The number of nitrogens with one attached hydrogen (secondary N) is 1. The summed E-state index contributed by atoms with van der Waals surface area (Å²) >= 11 is 0. The molecule has 0 heterocycles. The van der Waals surface area contributed by atoms with Gasteiger partial charge in [0.05, 0.1) is 14.2 Å². The van der Waals surface area contributed by atoms with Crippen LogP contribution in [0.5, 0.6) is 11.5 Å². The normalized spacial score (nSPS) is 10.0. The van der Waals surface area contributed by atoms with Gasteiger partial charge in [-0.1, -0.05) is 0 Å². The van der Waals surface area contributed by atoms with Crippen LogP contribution in [-0.2, 0) is 0 Å². The lowest BCUT2D eigenvalue weighted by atomic mass is 10.2. The number of rotatable bonds is 6. The minimum atomic E-state index is 0.811. The van der Waals surface area contributed by atoms with Crippen LogP contribution in [0.15, 0.2) is 18.2 Å². The van der Waals surface area contributed by atoms with E-state index in [0.29, 0.717) is 0 Å². The Bertz CT molecular complexity index is 307. The first kappa shape index (κ1) is 12.6. The number of methoxy groups -OCH3 is 2. The Hall–Kier alpha value is -1.42. The van der Waals surface area contributed by atoms with Crippen LogP contribution in [0.25, 0.3) is 0 Å². The maximum absolute atomic E-state index is 5.23. The van der Waals surface area contributed by atoms with Crippen LogP contribution in [0, 0.1) is 0 Å². The summed E-state index contributed by atoms with van der Waals surface area (Å²) in [5, 5.41) is 3.12. The van der Waals surface area contributed by atoms with Gasteiger partial charge in [0.25, 0.3) is 0 Å². The van der Waals surface area contributed by atoms with E-state index in [1.165, 1.54) is 0 Å². The molecular formula is C12H20N2O2. The van der Waals surface area contributed by atoms with Crippen molar-refractivity contribution < 1.29 is 9.47 Å². The van der Waals surface area contributed by atoms with Crippen LogP contribution in [0.4, 0.5) is 5.69 Å². The van der Waals surface area contributed by atoms with E-state index in [1.807, 2.05) is 32.3 Å². The van der Waals surface area contributed by atoms with Crippen molar-refractivity contribution in [3.05, 3.63) is 18.2 Å². The molecule has 4 nitrogen and oxygen atoms in total. The zero-order valence-electron chi connectivity index (χ0n) is 10.4. The predicted molar refractivity (Wildman–Crippen MR) is 66.7 cm³/mol. The quantitative estimate of drug-likeness (QED) is 0.791. The Morgan fingerprint density at radius 2 is 1.69 bits per heavy atom. The number of anilines is 1. The smallest absolute Gasteiger partial charge is 0.124 e. The maximum Gasteiger partial charge on any atom is 0.124 e. The largest absolute Gasteiger partial charge is 0.497 e. The minimum Gasteiger partial charge on any atom is -0.497 e. The molecule has 0 saturated heterocycles. The van der Waals surface area contributed by atoms with E-state index in [2.05, 4.69) is 10.2 Å². The highest BCUT2D eigenvalue weighted by molar-refractivity contribution is 5.55. The molecule has 16 heavy (non-hydrogen) atoms. The van der Waals surface area contributed by atoms with Gasteiger partial charge in [-0.15, -0.1) is 0 Å².